The third kappa shape index (κ3) is 4.81. The van der Waals surface area contributed by atoms with Gasteiger partial charge in [0.25, 0.3) is 0 Å². The number of carboxylic acids is 1. The van der Waals surface area contributed by atoms with Gasteiger partial charge in [-0.15, -0.1) is 0 Å². The van der Waals surface area contributed by atoms with E-state index in [0.29, 0.717) is 12.8 Å². The number of carbonyl (C=O) groups excluding carboxylic acids is 1. The number of hydrogen-bond donors (Lipinski definition) is 1. The molecule has 4 heteroatoms. The number of amides is 1. The molecule has 0 aliphatic rings. The van der Waals surface area contributed by atoms with Gasteiger partial charge in [0, 0.05) is 13.5 Å². The standard InChI is InChI=1S/C11H21NO3/c1-6-8(10(14)15)12(5)9(13)7-11(2,3)4/h8H,6-7H2,1-5H3,(H,14,15). The molecule has 0 bridgehead atoms. The minimum Gasteiger partial charge on any atom is -0.480 e. The van der Waals surface area contributed by atoms with Crippen molar-refractivity contribution in [1.29, 1.82) is 0 Å². The number of nitrogens with zero attached hydrogens (tertiary/aromatic N) is 1. The number of hydrogen-bond acceptors (Lipinski definition) is 2. The summed E-state index contributed by atoms with van der Waals surface area (Å²) in [6.45, 7) is 7.64. The molecule has 0 saturated carbocycles. The average molecular weight is 215 g/mol. The second kappa shape index (κ2) is 5.14. The minimum absolute atomic E-state index is 0.109. The first-order valence-electron chi connectivity index (χ1n) is 5.17. The molecular formula is C11H21NO3. The van der Waals surface area contributed by atoms with E-state index in [1.807, 2.05) is 20.8 Å². The van der Waals surface area contributed by atoms with Crippen LogP contribution in [0.25, 0.3) is 0 Å². The van der Waals surface area contributed by atoms with Crippen molar-refractivity contribution >= 4 is 11.9 Å². The lowest BCUT2D eigenvalue weighted by Crippen LogP contribution is -2.43. The van der Waals surface area contributed by atoms with Gasteiger partial charge in [0.1, 0.15) is 6.04 Å². The van der Waals surface area contributed by atoms with Crippen LogP contribution < -0.4 is 0 Å². The predicted molar refractivity (Wildman–Crippen MR) is 58.6 cm³/mol. The molecule has 15 heavy (non-hydrogen) atoms. The summed E-state index contributed by atoms with van der Waals surface area (Å²) in [4.78, 5) is 23.9. The zero-order chi connectivity index (χ0) is 12.2. The number of carbonyl (C=O) groups is 2. The first kappa shape index (κ1) is 13.9. The molecule has 0 aromatic heterocycles. The van der Waals surface area contributed by atoms with Crippen LogP contribution in [0.4, 0.5) is 0 Å². The first-order valence-corrected chi connectivity index (χ1v) is 5.17. The Balaban J connectivity index is 4.49. The molecular weight excluding hydrogens is 194 g/mol. The lowest BCUT2D eigenvalue weighted by molar-refractivity contribution is -0.149. The summed E-state index contributed by atoms with van der Waals surface area (Å²) in [5, 5.41) is 8.90. The molecule has 1 amide bonds. The number of likely N-dealkylation sites (N-methyl/N-ethyl adjacent to an activating group) is 1. The predicted octanol–water partition coefficient (Wildman–Crippen LogP) is 1.74. The lowest BCUT2D eigenvalue weighted by atomic mass is 9.91. The zero-order valence-corrected chi connectivity index (χ0v) is 10.2. The van der Waals surface area contributed by atoms with Crippen LogP contribution in [0, 0.1) is 5.41 Å². The fourth-order valence-electron chi connectivity index (χ4n) is 1.37. The van der Waals surface area contributed by atoms with Crippen LogP contribution in [0.1, 0.15) is 40.5 Å². The smallest absolute Gasteiger partial charge is 0.326 e. The summed E-state index contributed by atoms with van der Waals surface area (Å²) in [5.74, 6) is -1.06. The molecule has 0 aliphatic carbocycles. The normalized spacial score (nSPS) is 13.4. The van der Waals surface area contributed by atoms with Crippen molar-refractivity contribution in [1.82, 2.24) is 4.90 Å². The van der Waals surface area contributed by atoms with Crippen LogP contribution in [-0.2, 0) is 9.59 Å². The summed E-state index contributed by atoms with van der Waals surface area (Å²) < 4.78 is 0. The molecule has 1 unspecified atom stereocenters. The topological polar surface area (TPSA) is 57.6 Å². The highest BCUT2D eigenvalue weighted by Crippen LogP contribution is 2.20. The van der Waals surface area contributed by atoms with Gasteiger partial charge in [-0.05, 0) is 11.8 Å². The minimum atomic E-state index is -0.942. The molecule has 0 heterocycles. The van der Waals surface area contributed by atoms with E-state index in [2.05, 4.69) is 0 Å². The Morgan fingerprint density at radius 3 is 2.07 bits per heavy atom. The average Bonchev–Trinajstić information content (AvgIpc) is 2.01. The largest absolute Gasteiger partial charge is 0.480 e. The van der Waals surface area contributed by atoms with Crippen LogP contribution in [0.2, 0.25) is 0 Å². The number of aliphatic carboxylic acids is 1. The Kier molecular flexibility index (Phi) is 4.78. The Bertz CT molecular complexity index is 243. The SMILES string of the molecule is CCC(C(=O)O)N(C)C(=O)CC(C)(C)C. The summed E-state index contributed by atoms with van der Waals surface area (Å²) in [6.07, 6.45) is 0.801. The maximum atomic E-state index is 11.7. The van der Waals surface area contributed by atoms with E-state index in [9.17, 15) is 9.59 Å². The van der Waals surface area contributed by atoms with Crippen LogP contribution >= 0.6 is 0 Å². The summed E-state index contributed by atoms with van der Waals surface area (Å²) in [7, 11) is 1.55. The van der Waals surface area contributed by atoms with Gasteiger partial charge < -0.3 is 10.0 Å². The summed E-state index contributed by atoms with van der Waals surface area (Å²) >= 11 is 0. The fourth-order valence-corrected chi connectivity index (χ4v) is 1.37. The molecule has 0 saturated heterocycles. The maximum Gasteiger partial charge on any atom is 0.326 e. The highest BCUT2D eigenvalue weighted by Gasteiger charge is 2.27. The molecule has 1 N–H and O–H groups in total. The van der Waals surface area contributed by atoms with Crippen LogP contribution in [0.15, 0.2) is 0 Å². The number of carboxylic acid groups (broad SMARTS) is 1. The van der Waals surface area contributed by atoms with Crippen molar-refractivity contribution in [2.24, 2.45) is 5.41 Å². The molecule has 0 fully saturated rings. The monoisotopic (exact) mass is 215 g/mol. The molecule has 0 aromatic carbocycles. The van der Waals surface area contributed by atoms with E-state index < -0.39 is 12.0 Å². The van der Waals surface area contributed by atoms with Crippen molar-refractivity contribution in [3.8, 4) is 0 Å². The van der Waals surface area contributed by atoms with E-state index in [0.717, 1.165) is 0 Å². The summed E-state index contributed by atoms with van der Waals surface area (Å²) in [6, 6.07) is -0.708. The second-order valence-corrected chi connectivity index (χ2v) is 5.00. The summed E-state index contributed by atoms with van der Waals surface area (Å²) in [5.41, 5.74) is -0.109. The van der Waals surface area contributed by atoms with Crippen LogP contribution in [-0.4, -0.2) is 35.0 Å². The lowest BCUT2D eigenvalue weighted by Gasteiger charge is -2.27. The molecule has 0 aromatic rings. The van der Waals surface area contributed by atoms with Gasteiger partial charge in [-0.25, -0.2) is 4.79 Å². The maximum absolute atomic E-state index is 11.7. The van der Waals surface area contributed by atoms with E-state index in [1.165, 1.54) is 4.90 Å². The van der Waals surface area contributed by atoms with Crippen LogP contribution in [0.3, 0.4) is 0 Å². The molecule has 0 rings (SSSR count). The molecule has 0 spiro atoms. The van der Waals surface area contributed by atoms with Gasteiger partial charge in [0.2, 0.25) is 5.91 Å². The zero-order valence-electron chi connectivity index (χ0n) is 10.2. The second-order valence-electron chi connectivity index (χ2n) is 5.00. The van der Waals surface area contributed by atoms with Crippen molar-refractivity contribution in [2.45, 2.75) is 46.6 Å². The highest BCUT2D eigenvalue weighted by molar-refractivity contribution is 5.83. The fraction of sp³-hybridized carbons (Fsp3) is 0.818. The number of rotatable bonds is 4. The van der Waals surface area contributed by atoms with Crippen molar-refractivity contribution in [3.63, 3.8) is 0 Å². The van der Waals surface area contributed by atoms with E-state index >= 15 is 0 Å². The third-order valence-corrected chi connectivity index (χ3v) is 2.21. The first-order chi connectivity index (χ1) is 6.69. The molecule has 0 aliphatic heterocycles. The third-order valence-electron chi connectivity index (χ3n) is 2.21. The van der Waals surface area contributed by atoms with Crippen LogP contribution in [0.5, 0.6) is 0 Å². The quantitative estimate of drug-likeness (QED) is 0.777. The van der Waals surface area contributed by atoms with E-state index in [1.54, 1.807) is 14.0 Å². The van der Waals surface area contributed by atoms with Gasteiger partial charge in [0.15, 0.2) is 0 Å². The van der Waals surface area contributed by atoms with Crippen molar-refractivity contribution < 1.29 is 14.7 Å². The molecule has 1 atom stereocenters. The van der Waals surface area contributed by atoms with Gasteiger partial charge in [-0.2, -0.15) is 0 Å². The van der Waals surface area contributed by atoms with Crippen molar-refractivity contribution in [3.05, 3.63) is 0 Å². The highest BCUT2D eigenvalue weighted by atomic mass is 16.4. The van der Waals surface area contributed by atoms with Gasteiger partial charge >= 0.3 is 5.97 Å². The molecule has 88 valence electrons. The molecule has 4 nitrogen and oxygen atoms in total. The van der Waals surface area contributed by atoms with Crippen molar-refractivity contribution in [2.75, 3.05) is 7.05 Å². The Morgan fingerprint density at radius 1 is 1.33 bits per heavy atom. The Morgan fingerprint density at radius 2 is 1.80 bits per heavy atom. The van der Waals surface area contributed by atoms with Gasteiger partial charge in [-0.1, -0.05) is 27.7 Å². The van der Waals surface area contributed by atoms with E-state index in [-0.39, 0.29) is 11.3 Å². The Labute approximate surface area is 91.3 Å². The molecule has 0 radical (unpaired) electrons. The van der Waals surface area contributed by atoms with E-state index in [4.69, 9.17) is 5.11 Å². The Hall–Kier alpha value is -1.06. The van der Waals surface area contributed by atoms with Gasteiger partial charge in [-0.3, -0.25) is 4.79 Å². The van der Waals surface area contributed by atoms with Gasteiger partial charge in [0.05, 0.1) is 0 Å².